The maximum Gasteiger partial charge on any atom is 0.472 e. The summed E-state index contributed by atoms with van der Waals surface area (Å²) in [5.74, 6) is -0.402. The van der Waals surface area contributed by atoms with Gasteiger partial charge in [-0.15, -0.1) is 0 Å². The number of ether oxygens (including phenoxy) is 2. The van der Waals surface area contributed by atoms with Crippen LogP contribution >= 0.6 is 7.82 Å². The van der Waals surface area contributed by atoms with Crippen molar-refractivity contribution >= 4 is 13.8 Å². The second-order valence-corrected chi connectivity index (χ2v) is 16.8. The number of aliphatic hydroxyl groups is 1. The molecular weight excluding hydrogens is 701 g/mol. The highest BCUT2D eigenvalue weighted by Gasteiger charge is 2.26. The lowest BCUT2D eigenvalue weighted by molar-refractivity contribution is -0.870. The number of rotatable bonds is 38. The lowest BCUT2D eigenvalue weighted by atomic mass is 10.0. The number of quaternary nitrogens is 1. The summed E-state index contributed by atoms with van der Waals surface area (Å²) in [4.78, 5) is 22.8. The van der Waals surface area contributed by atoms with E-state index in [0.717, 1.165) is 57.8 Å². The zero-order valence-electron chi connectivity index (χ0n) is 35.1. The van der Waals surface area contributed by atoms with Gasteiger partial charge in [0.05, 0.1) is 40.1 Å². The number of nitrogens with zero attached hydrogens (tertiary/aromatic N) is 1. The van der Waals surface area contributed by atoms with Gasteiger partial charge in [0.1, 0.15) is 19.8 Å². The molecule has 54 heavy (non-hydrogen) atoms. The van der Waals surface area contributed by atoms with E-state index < -0.39 is 19.9 Å². The summed E-state index contributed by atoms with van der Waals surface area (Å²) in [5.41, 5.74) is 0. The maximum atomic E-state index is 12.6. The summed E-state index contributed by atoms with van der Waals surface area (Å²) in [6.45, 7) is 4.39. The molecule has 0 radical (unpaired) electrons. The van der Waals surface area contributed by atoms with E-state index in [1.54, 1.807) is 6.26 Å². The molecule has 0 aromatic heterocycles. The zero-order valence-corrected chi connectivity index (χ0v) is 35.9. The molecule has 0 saturated heterocycles. The van der Waals surface area contributed by atoms with E-state index in [9.17, 15) is 19.4 Å². The second kappa shape index (κ2) is 36.6. The topological polar surface area (TPSA) is 112 Å². The van der Waals surface area contributed by atoms with Gasteiger partial charge in [0, 0.05) is 6.42 Å². The molecule has 0 spiro atoms. The third-order valence-corrected chi connectivity index (χ3v) is 9.65. The second-order valence-electron chi connectivity index (χ2n) is 15.4. The molecule has 0 heterocycles. The summed E-state index contributed by atoms with van der Waals surface area (Å²) >= 11 is 0. The summed E-state index contributed by atoms with van der Waals surface area (Å²) < 4.78 is 34.6. The van der Waals surface area contributed by atoms with Crippen molar-refractivity contribution in [3.8, 4) is 0 Å². The van der Waals surface area contributed by atoms with Crippen LogP contribution in [0.4, 0.5) is 0 Å². The first kappa shape index (κ1) is 52.0. The van der Waals surface area contributed by atoms with E-state index in [1.165, 1.54) is 70.6 Å². The van der Waals surface area contributed by atoms with E-state index in [2.05, 4.69) is 55.5 Å². The van der Waals surface area contributed by atoms with Crippen molar-refractivity contribution in [3.05, 3.63) is 60.9 Å². The van der Waals surface area contributed by atoms with Crippen LogP contribution < -0.4 is 0 Å². The van der Waals surface area contributed by atoms with Crippen LogP contribution in [0.5, 0.6) is 0 Å². The third-order valence-electron chi connectivity index (χ3n) is 8.66. The molecule has 0 aromatic rings. The molecular formula is C44H81NO8P+. The number of phosphoric ester groups is 1. The quantitative estimate of drug-likeness (QED) is 0.0159. The van der Waals surface area contributed by atoms with Gasteiger partial charge < -0.3 is 24.0 Å². The molecule has 3 atom stereocenters. The van der Waals surface area contributed by atoms with Crippen LogP contribution in [-0.4, -0.2) is 80.2 Å². The van der Waals surface area contributed by atoms with Gasteiger partial charge in [-0.05, 0) is 77.2 Å². The first-order valence-electron chi connectivity index (χ1n) is 21.1. The Balaban J connectivity index is 4.43. The molecule has 0 rings (SSSR count). The van der Waals surface area contributed by atoms with Gasteiger partial charge in [0.2, 0.25) is 0 Å². The third kappa shape index (κ3) is 41.2. The standard InChI is InChI=1S/C44H80NO8P/c1-6-7-8-9-10-11-12-13-19-22-25-28-31-34-38-50-40-43(41-52-54(48,49)51-39-37-45(3,4)5)53-44(47)36-33-30-27-24-21-18-16-14-15-17-20-23-26-29-32-35-42(2)46/h15-18,23-24,26-27,34,38,42-43,46H,6-14,19-22,25,28-33,35-37,39-41H2,1-5H3/p+1/b17-15-,18-16-,26-23-,27-24-,38-34+/t42-,43+/m0/s1. The number of hydrogen-bond acceptors (Lipinski definition) is 7. The van der Waals surface area contributed by atoms with Crippen LogP contribution in [0.15, 0.2) is 60.9 Å². The number of phosphoric acid groups is 1. The van der Waals surface area contributed by atoms with Crippen molar-refractivity contribution < 1.29 is 42.4 Å². The first-order chi connectivity index (χ1) is 25.9. The molecule has 0 aliphatic rings. The molecule has 0 aromatic carbocycles. The van der Waals surface area contributed by atoms with Crippen molar-refractivity contribution in [3.63, 3.8) is 0 Å². The van der Waals surface area contributed by atoms with Gasteiger partial charge >= 0.3 is 13.8 Å². The van der Waals surface area contributed by atoms with Gasteiger partial charge in [-0.2, -0.15) is 0 Å². The van der Waals surface area contributed by atoms with Crippen LogP contribution in [0.3, 0.4) is 0 Å². The van der Waals surface area contributed by atoms with Crippen molar-refractivity contribution in [2.45, 2.75) is 167 Å². The van der Waals surface area contributed by atoms with Crippen LogP contribution in [0.1, 0.15) is 155 Å². The predicted molar refractivity (Wildman–Crippen MR) is 225 cm³/mol. The molecule has 0 bridgehead atoms. The Morgan fingerprint density at radius 1 is 0.667 bits per heavy atom. The van der Waals surface area contributed by atoms with Gasteiger partial charge in [0.15, 0.2) is 6.10 Å². The zero-order chi connectivity index (χ0) is 40.0. The minimum absolute atomic E-state index is 0.0164. The Hall–Kier alpha value is -2.00. The number of unbranched alkanes of at least 4 members (excludes halogenated alkanes) is 14. The van der Waals surface area contributed by atoms with Gasteiger partial charge in [-0.1, -0.05) is 126 Å². The number of likely N-dealkylation sites (N-methyl/N-ethyl adjacent to an activating group) is 1. The molecule has 0 aliphatic heterocycles. The molecule has 0 aliphatic carbocycles. The number of esters is 1. The molecule has 9 nitrogen and oxygen atoms in total. The number of aliphatic hydroxyl groups excluding tert-OH is 1. The maximum absolute atomic E-state index is 12.6. The van der Waals surface area contributed by atoms with Crippen LogP contribution in [0, 0.1) is 0 Å². The monoisotopic (exact) mass is 783 g/mol. The van der Waals surface area contributed by atoms with Crippen molar-refractivity contribution in [1.82, 2.24) is 0 Å². The van der Waals surface area contributed by atoms with Gasteiger partial charge in [-0.3, -0.25) is 13.8 Å². The molecule has 0 saturated carbocycles. The minimum Gasteiger partial charge on any atom is -0.498 e. The fourth-order valence-electron chi connectivity index (χ4n) is 5.35. The number of hydrogen-bond donors (Lipinski definition) is 2. The Labute approximate surface area is 331 Å². The SMILES string of the molecule is CCCCCCCCCCCCCC/C=C/OC[C@H](COP(=O)(O)OCC[N+](C)(C)C)OC(=O)CCC/C=C\C/C=C\C/C=C\C/C=C\CCC[C@H](C)O. The fraction of sp³-hybridized carbons (Fsp3) is 0.750. The van der Waals surface area contributed by atoms with E-state index in [-0.39, 0.29) is 32.3 Å². The fourth-order valence-corrected chi connectivity index (χ4v) is 6.09. The summed E-state index contributed by atoms with van der Waals surface area (Å²) in [6.07, 6.45) is 43.4. The van der Waals surface area contributed by atoms with E-state index in [0.29, 0.717) is 17.4 Å². The average Bonchev–Trinajstić information content (AvgIpc) is 3.10. The van der Waals surface area contributed by atoms with Crippen LogP contribution in [-0.2, 0) is 27.9 Å². The highest BCUT2D eigenvalue weighted by molar-refractivity contribution is 7.47. The molecule has 0 fully saturated rings. The highest BCUT2D eigenvalue weighted by Crippen LogP contribution is 2.43. The lowest BCUT2D eigenvalue weighted by Gasteiger charge is -2.24. The lowest BCUT2D eigenvalue weighted by Crippen LogP contribution is -2.37. The molecule has 314 valence electrons. The van der Waals surface area contributed by atoms with Crippen molar-refractivity contribution in [2.24, 2.45) is 0 Å². The normalized spacial score (nSPS) is 14.9. The van der Waals surface area contributed by atoms with Gasteiger partial charge in [0.25, 0.3) is 0 Å². The summed E-state index contributed by atoms with van der Waals surface area (Å²) in [7, 11) is 1.57. The minimum atomic E-state index is -4.31. The number of carbonyl (C=O) groups excluding carboxylic acids is 1. The van der Waals surface area contributed by atoms with Crippen molar-refractivity contribution in [1.29, 1.82) is 0 Å². The number of carbonyl (C=O) groups is 1. The smallest absolute Gasteiger partial charge is 0.472 e. The molecule has 2 N–H and O–H groups in total. The average molecular weight is 783 g/mol. The Morgan fingerprint density at radius 2 is 1.17 bits per heavy atom. The number of allylic oxidation sites excluding steroid dienone is 9. The highest BCUT2D eigenvalue weighted by atomic mass is 31.2. The summed E-state index contributed by atoms with van der Waals surface area (Å²) in [6, 6.07) is 0. The van der Waals surface area contributed by atoms with Crippen LogP contribution in [0.2, 0.25) is 0 Å². The predicted octanol–water partition coefficient (Wildman–Crippen LogP) is 11.5. The largest absolute Gasteiger partial charge is 0.498 e. The van der Waals surface area contributed by atoms with E-state index >= 15 is 0 Å². The van der Waals surface area contributed by atoms with Crippen molar-refractivity contribution in [2.75, 3.05) is 47.5 Å². The Morgan fingerprint density at radius 3 is 1.70 bits per heavy atom. The molecule has 10 heteroatoms. The van der Waals surface area contributed by atoms with E-state index in [1.807, 2.05) is 34.1 Å². The Kier molecular flexibility index (Phi) is 35.3. The molecule has 1 unspecified atom stereocenters. The Bertz CT molecular complexity index is 1060. The van der Waals surface area contributed by atoms with Crippen LogP contribution in [0.25, 0.3) is 0 Å². The first-order valence-corrected chi connectivity index (χ1v) is 22.6. The van der Waals surface area contributed by atoms with Gasteiger partial charge in [-0.25, -0.2) is 4.57 Å². The van der Waals surface area contributed by atoms with E-state index in [4.69, 9.17) is 18.5 Å². The summed E-state index contributed by atoms with van der Waals surface area (Å²) in [5, 5.41) is 9.27. The molecule has 0 amide bonds.